The van der Waals surface area contributed by atoms with Crippen LogP contribution in [0.25, 0.3) is 0 Å². The van der Waals surface area contributed by atoms with Crippen molar-refractivity contribution in [1.29, 1.82) is 0 Å². The number of rotatable bonds is 4. The van der Waals surface area contributed by atoms with E-state index in [4.69, 9.17) is 4.74 Å². The number of nitrogens with one attached hydrogen (secondary N) is 1. The third-order valence-corrected chi connectivity index (χ3v) is 3.24. The molecule has 0 radical (unpaired) electrons. The van der Waals surface area contributed by atoms with Gasteiger partial charge in [0.05, 0.1) is 12.8 Å². The standard InChI is InChI=1S/C14H13BrFNO/c1-18-12-4-2-3-10(7-12)9-17-14-8-11(16)5-6-13(14)15/h2-8,17H,9H2,1H3. The summed E-state index contributed by atoms with van der Waals surface area (Å²) in [7, 11) is 1.63. The predicted octanol–water partition coefficient (Wildman–Crippen LogP) is 4.21. The number of benzene rings is 2. The first-order valence-electron chi connectivity index (χ1n) is 5.51. The minimum absolute atomic E-state index is 0.258. The third kappa shape index (κ3) is 3.23. The maximum absolute atomic E-state index is 13.1. The topological polar surface area (TPSA) is 21.3 Å². The van der Waals surface area contributed by atoms with Crippen molar-refractivity contribution in [3.8, 4) is 5.75 Å². The van der Waals surface area contributed by atoms with Crippen LogP contribution in [0.1, 0.15) is 5.56 Å². The van der Waals surface area contributed by atoms with E-state index in [1.165, 1.54) is 12.1 Å². The van der Waals surface area contributed by atoms with E-state index in [0.717, 1.165) is 21.5 Å². The van der Waals surface area contributed by atoms with Gasteiger partial charge in [-0.1, -0.05) is 12.1 Å². The Labute approximate surface area is 114 Å². The predicted molar refractivity (Wildman–Crippen MR) is 74.4 cm³/mol. The van der Waals surface area contributed by atoms with E-state index in [2.05, 4.69) is 21.2 Å². The fourth-order valence-corrected chi connectivity index (χ4v) is 2.00. The molecule has 0 unspecified atom stereocenters. The Balaban J connectivity index is 2.08. The molecule has 0 bridgehead atoms. The molecule has 0 aliphatic rings. The summed E-state index contributed by atoms with van der Waals surface area (Å²) >= 11 is 3.38. The number of hydrogen-bond acceptors (Lipinski definition) is 2. The van der Waals surface area contributed by atoms with E-state index in [1.54, 1.807) is 13.2 Å². The van der Waals surface area contributed by atoms with Gasteiger partial charge in [-0.2, -0.15) is 0 Å². The number of methoxy groups -OCH3 is 1. The van der Waals surface area contributed by atoms with Gasteiger partial charge in [-0.3, -0.25) is 0 Å². The lowest BCUT2D eigenvalue weighted by Crippen LogP contribution is -2.00. The molecule has 2 aromatic carbocycles. The minimum atomic E-state index is -0.258. The van der Waals surface area contributed by atoms with Gasteiger partial charge >= 0.3 is 0 Å². The molecule has 4 heteroatoms. The molecule has 0 fully saturated rings. The second-order valence-electron chi connectivity index (χ2n) is 3.83. The quantitative estimate of drug-likeness (QED) is 0.913. The number of hydrogen-bond donors (Lipinski definition) is 1. The van der Waals surface area contributed by atoms with Crippen LogP contribution in [0.4, 0.5) is 10.1 Å². The Bertz CT molecular complexity index is 545. The zero-order chi connectivity index (χ0) is 13.0. The fraction of sp³-hybridized carbons (Fsp3) is 0.143. The number of halogens is 2. The molecule has 0 amide bonds. The normalized spacial score (nSPS) is 10.2. The first-order chi connectivity index (χ1) is 8.69. The van der Waals surface area contributed by atoms with Gasteiger partial charge in [-0.15, -0.1) is 0 Å². The molecular weight excluding hydrogens is 297 g/mol. The number of anilines is 1. The van der Waals surface area contributed by atoms with E-state index < -0.39 is 0 Å². The van der Waals surface area contributed by atoms with Crippen molar-refractivity contribution in [2.45, 2.75) is 6.54 Å². The average Bonchev–Trinajstić information content (AvgIpc) is 2.40. The molecule has 2 nitrogen and oxygen atoms in total. The Kier molecular flexibility index (Phi) is 4.20. The largest absolute Gasteiger partial charge is 0.497 e. The van der Waals surface area contributed by atoms with Crippen LogP contribution in [0.5, 0.6) is 5.75 Å². The molecule has 2 rings (SSSR count). The van der Waals surface area contributed by atoms with Gasteiger partial charge < -0.3 is 10.1 Å². The van der Waals surface area contributed by atoms with Crippen LogP contribution >= 0.6 is 15.9 Å². The van der Waals surface area contributed by atoms with Gasteiger partial charge in [-0.05, 0) is 51.8 Å². The molecule has 0 aromatic heterocycles. The van der Waals surface area contributed by atoms with Crippen molar-refractivity contribution in [2.24, 2.45) is 0 Å². The average molecular weight is 310 g/mol. The van der Waals surface area contributed by atoms with Gasteiger partial charge in [0.1, 0.15) is 11.6 Å². The highest BCUT2D eigenvalue weighted by molar-refractivity contribution is 9.10. The molecule has 0 saturated carbocycles. The SMILES string of the molecule is COc1cccc(CNc2cc(F)ccc2Br)c1. The van der Waals surface area contributed by atoms with E-state index in [9.17, 15) is 4.39 Å². The highest BCUT2D eigenvalue weighted by atomic mass is 79.9. The number of ether oxygens (including phenoxy) is 1. The second kappa shape index (κ2) is 5.87. The first kappa shape index (κ1) is 12.9. The van der Waals surface area contributed by atoms with Crippen molar-refractivity contribution in [2.75, 3.05) is 12.4 Å². The first-order valence-corrected chi connectivity index (χ1v) is 6.30. The Hall–Kier alpha value is -1.55. The smallest absolute Gasteiger partial charge is 0.125 e. The maximum Gasteiger partial charge on any atom is 0.125 e. The van der Waals surface area contributed by atoms with Gasteiger partial charge in [0.25, 0.3) is 0 Å². The molecule has 0 spiro atoms. The zero-order valence-corrected chi connectivity index (χ0v) is 11.5. The van der Waals surface area contributed by atoms with Gasteiger partial charge in [-0.25, -0.2) is 4.39 Å². The van der Waals surface area contributed by atoms with E-state index in [0.29, 0.717) is 6.54 Å². The van der Waals surface area contributed by atoms with Crippen molar-refractivity contribution in [3.63, 3.8) is 0 Å². The molecule has 0 atom stereocenters. The summed E-state index contributed by atoms with van der Waals surface area (Å²) in [6, 6.07) is 12.3. The summed E-state index contributed by atoms with van der Waals surface area (Å²) < 4.78 is 19.1. The summed E-state index contributed by atoms with van der Waals surface area (Å²) in [5, 5.41) is 3.18. The molecule has 0 aliphatic carbocycles. The van der Waals surface area contributed by atoms with Gasteiger partial charge in [0, 0.05) is 11.0 Å². The minimum Gasteiger partial charge on any atom is -0.497 e. The highest BCUT2D eigenvalue weighted by Crippen LogP contribution is 2.24. The molecule has 0 heterocycles. The summed E-state index contributed by atoms with van der Waals surface area (Å²) in [6.45, 7) is 0.610. The summed E-state index contributed by atoms with van der Waals surface area (Å²) in [4.78, 5) is 0. The van der Waals surface area contributed by atoms with Gasteiger partial charge in [0.15, 0.2) is 0 Å². The molecular formula is C14H13BrFNO. The Morgan fingerprint density at radius 2 is 2.06 bits per heavy atom. The fourth-order valence-electron chi connectivity index (χ4n) is 1.61. The Morgan fingerprint density at radius 1 is 1.22 bits per heavy atom. The molecule has 18 heavy (non-hydrogen) atoms. The van der Waals surface area contributed by atoms with Crippen molar-refractivity contribution in [3.05, 3.63) is 58.3 Å². The zero-order valence-electron chi connectivity index (χ0n) is 9.91. The van der Waals surface area contributed by atoms with Crippen LogP contribution in [-0.2, 0) is 6.54 Å². The lowest BCUT2D eigenvalue weighted by Gasteiger charge is -2.09. The van der Waals surface area contributed by atoms with Crippen LogP contribution in [0.3, 0.4) is 0 Å². The van der Waals surface area contributed by atoms with E-state index in [-0.39, 0.29) is 5.82 Å². The molecule has 1 N–H and O–H groups in total. The van der Waals surface area contributed by atoms with Crippen molar-refractivity contribution < 1.29 is 9.13 Å². The van der Waals surface area contributed by atoms with Crippen LogP contribution < -0.4 is 10.1 Å². The van der Waals surface area contributed by atoms with Crippen LogP contribution in [0.2, 0.25) is 0 Å². The molecule has 0 aliphatic heterocycles. The highest BCUT2D eigenvalue weighted by Gasteiger charge is 2.02. The van der Waals surface area contributed by atoms with Gasteiger partial charge in [0.2, 0.25) is 0 Å². The molecule has 2 aromatic rings. The third-order valence-electron chi connectivity index (χ3n) is 2.55. The lowest BCUT2D eigenvalue weighted by molar-refractivity contribution is 0.414. The van der Waals surface area contributed by atoms with Crippen molar-refractivity contribution >= 4 is 21.6 Å². The summed E-state index contributed by atoms with van der Waals surface area (Å²) in [5.41, 5.74) is 1.81. The Morgan fingerprint density at radius 3 is 2.83 bits per heavy atom. The van der Waals surface area contributed by atoms with Crippen molar-refractivity contribution in [1.82, 2.24) is 0 Å². The van der Waals surface area contributed by atoms with Crippen LogP contribution in [-0.4, -0.2) is 7.11 Å². The van der Waals surface area contributed by atoms with Crippen LogP contribution in [0, 0.1) is 5.82 Å². The summed E-state index contributed by atoms with van der Waals surface area (Å²) in [5.74, 6) is 0.555. The molecule has 0 saturated heterocycles. The lowest BCUT2D eigenvalue weighted by atomic mass is 10.2. The second-order valence-corrected chi connectivity index (χ2v) is 4.68. The van der Waals surface area contributed by atoms with Crippen LogP contribution in [0.15, 0.2) is 46.9 Å². The molecule has 94 valence electrons. The van der Waals surface area contributed by atoms with E-state index in [1.807, 2.05) is 24.3 Å². The maximum atomic E-state index is 13.1. The van der Waals surface area contributed by atoms with E-state index >= 15 is 0 Å². The monoisotopic (exact) mass is 309 g/mol. The summed E-state index contributed by atoms with van der Waals surface area (Å²) in [6.07, 6.45) is 0.